The van der Waals surface area contributed by atoms with Gasteiger partial charge in [-0.15, -0.1) is 24.0 Å². The fourth-order valence-electron chi connectivity index (χ4n) is 3.24. The number of aromatic nitrogens is 4. The minimum absolute atomic E-state index is 0. The fraction of sp³-hybridized carbons (Fsp3) is 0.600. The Balaban J connectivity index is 0.00000320. The first kappa shape index (κ1) is 24.3. The number of guanidine groups is 1. The Hall–Kier alpha value is -1.95. The highest BCUT2D eigenvalue weighted by molar-refractivity contribution is 14.0. The molecular formula is C20H32IN7O2. The molecule has 0 aromatic carbocycles. The van der Waals surface area contributed by atoms with E-state index >= 15 is 0 Å². The van der Waals surface area contributed by atoms with Gasteiger partial charge in [-0.05, 0) is 18.9 Å². The fourth-order valence-corrected chi connectivity index (χ4v) is 3.24. The van der Waals surface area contributed by atoms with Crippen molar-refractivity contribution in [1.29, 1.82) is 0 Å². The van der Waals surface area contributed by atoms with E-state index in [1.165, 1.54) is 0 Å². The number of halogens is 1. The Morgan fingerprint density at radius 2 is 2.27 bits per heavy atom. The van der Waals surface area contributed by atoms with Gasteiger partial charge in [-0.1, -0.05) is 19.4 Å². The number of rotatable bonds is 9. The van der Waals surface area contributed by atoms with Gasteiger partial charge in [0.1, 0.15) is 12.4 Å². The van der Waals surface area contributed by atoms with Crippen molar-refractivity contribution in [3.8, 4) is 5.88 Å². The summed E-state index contributed by atoms with van der Waals surface area (Å²) in [5.74, 6) is 3.18. The molecule has 1 atom stereocenters. The number of methoxy groups -OCH3 is 1. The van der Waals surface area contributed by atoms with Crippen LogP contribution in [0, 0.1) is 0 Å². The maximum atomic E-state index is 5.81. The molecule has 9 nitrogen and oxygen atoms in total. The van der Waals surface area contributed by atoms with Crippen molar-refractivity contribution >= 4 is 29.9 Å². The number of ether oxygens (including phenoxy) is 2. The first-order valence-electron chi connectivity index (χ1n) is 10.2. The van der Waals surface area contributed by atoms with Gasteiger partial charge in [0, 0.05) is 44.9 Å². The van der Waals surface area contributed by atoms with Crippen molar-refractivity contribution in [3.63, 3.8) is 0 Å². The summed E-state index contributed by atoms with van der Waals surface area (Å²) in [5, 5.41) is 11.4. The number of pyridine rings is 1. The number of hydrogen-bond acceptors (Lipinski definition) is 6. The van der Waals surface area contributed by atoms with Crippen LogP contribution < -0.4 is 15.4 Å². The Kier molecular flexibility index (Phi) is 10.3. The van der Waals surface area contributed by atoms with E-state index in [2.05, 4.69) is 37.6 Å². The summed E-state index contributed by atoms with van der Waals surface area (Å²) in [5.41, 5.74) is 1.01. The van der Waals surface area contributed by atoms with Gasteiger partial charge in [0.05, 0.1) is 13.2 Å². The Bertz CT molecular complexity index is 812. The number of hydrogen-bond donors (Lipinski definition) is 2. The SMILES string of the molecule is CCCCOc1ncccc1CNC(=NC)NC1CCc2nc(COC)nn2C1.I. The minimum atomic E-state index is 0. The molecule has 0 saturated carbocycles. The second-order valence-electron chi connectivity index (χ2n) is 7.03. The van der Waals surface area contributed by atoms with E-state index in [4.69, 9.17) is 9.47 Å². The summed E-state index contributed by atoms with van der Waals surface area (Å²) < 4.78 is 12.9. The average Bonchev–Trinajstić information content (AvgIpc) is 3.14. The summed E-state index contributed by atoms with van der Waals surface area (Å²) in [7, 11) is 3.43. The lowest BCUT2D eigenvalue weighted by Gasteiger charge is -2.25. The molecule has 1 aliphatic heterocycles. The Morgan fingerprint density at radius 1 is 1.40 bits per heavy atom. The zero-order valence-corrected chi connectivity index (χ0v) is 20.3. The van der Waals surface area contributed by atoms with Crippen LogP contribution in [0.1, 0.15) is 43.4 Å². The van der Waals surface area contributed by atoms with Gasteiger partial charge >= 0.3 is 0 Å². The van der Waals surface area contributed by atoms with Crippen LogP contribution in [0.15, 0.2) is 23.3 Å². The molecule has 3 rings (SSSR count). The highest BCUT2D eigenvalue weighted by atomic mass is 127. The third-order valence-electron chi connectivity index (χ3n) is 4.77. The lowest BCUT2D eigenvalue weighted by molar-refractivity contribution is 0.177. The molecular weight excluding hydrogens is 497 g/mol. The van der Waals surface area contributed by atoms with Crippen LogP contribution in [0.2, 0.25) is 0 Å². The number of unbranched alkanes of at least 4 members (excludes halogenated alkanes) is 1. The molecule has 0 spiro atoms. The van der Waals surface area contributed by atoms with E-state index in [-0.39, 0.29) is 30.0 Å². The molecule has 1 aliphatic rings. The second kappa shape index (κ2) is 12.7. The minimum Gasteiger partial charge on any atom is -0.477 e. The molecule has 166 valence electrons. The van der Waals surface area contributed by atoms with Crippen molar-refractivity contribution in [2.45, 2.75) is 58.3 Å². The first-order chi connectivity index (χ1) is 14.2. The standard InChI is InChI=1S/C20H31N7O2.HI/c1-4-5-11-29-19-15(7-6-10-22-19)12-23-20(21-2)24-16-8-9-18-25-17(14-28-3)26-27(18)13-16;/h6-7,10,16H,4-5,8-9,11-14H2,1-3H3,(H2,21,23,24);1H. The summed E-state index contributed by atoms with van der Waals surface area (Å²) >= 11 is 0. The van der Waals surface area contributed by atoms with Crippen LogP contribution in [0.4, 0.5) is 0 Å². The van der Waals surface area contributed by atoms with Gasteiger partial charge in [-0.3, -0.25) is 4.99 Å². The van der Waals surface area contributed by atoms with Gasteiger partial charge in [-0.2, -0.15) is 5.10 Å². The number of aliphatic imine (C=N–C) groups is 1. The highest BCUT2D eigenvalue weighted by Gasteiger charge is 2.22. The van der Waals surface area contributed by atoms with Crippen LogP contribution in [0.5, 0.6) is 5.88 Å². The van der Waals surface area contributed by atoms with E-state index in [0.717, 1.165) is 55.4 Å². The quantitative estimate of drug-likeness (QED) is 0.223. The molecule has 30 heavy (non-hydrogen) atoms. The zero-order valence-electron chi connectivity index (χ0n) is 17.9. The third kappa shape index (κ3) is 6.79. The Labute approximate surface area is 195 Å². The van der Waals surface area contributed by atoms with Crippen molar-refractivity contribution in [3.05, 3.63) is 35.5 Å². The predicted molar refractivity (Wildman–Crippen MR) is 126 cm³/mol. The van der Waals surface area contributed by atoms with Crippen LogP contribution in [-0.4, -0.2) is 52.5 Å². The van der Waals surface area contributed by atoms with Crippen LogP contribution >= 0.6 is 24.0 Å². The summed E-state index contributed by atoms with van der Waals surface area (Å²) in [4.78, 5) is 13.2. The topological polar surface area (TPSA) is 98.5 Å². The van der Waals surface area contributed by atoms with Crippen molar-refractivity contribution < 1.29 is 9.47 Å². The maximum absolute atomic E-state index is 5.81. The van der Waals surface area contributed by atoms with E-state index < -0.39 is 0 Å². The molecule has 1 unspecified atom stereocenters. The highest BCUT2D eigenvalue weighted by Crippen LogP contribution is 2.15. The summed E-state index contributed by atoms with van der Waals surface area (Å²) in [6.07, 6.45) is 5.73. The molecule has 2 N–H and O–H groups in total. The number of nitrogens with one attached hydrogen (secondary N) is 2. The Morgan fingerprint density at radius 3 is 3.03 bits per heavy atom. The van der Waals surface area contributed by atoms with Crippen molar-refractivity contribution in [1.82, 2.24) is 30.4 Å². The molecule has 0 aliphatic carbocycles. The van der Waals surface area contributed by atoms with Crippen molar-refractivity contribution in [2.24, 2.45) is 4.99 Å². The number of fused-ring (bicyclic) bond motifs is 1. The zero-order chi connectivity index (χ0) is 20.5. The third-order valence-corrected chi connectivity index (χ3v) is 4.77. The van der Waals surface area contributed by atoms with E-state index in [9.17, 15) is 0 Å². The molecule has 0 saturated heterocycles. The normalized spacial score (nSPS) is 15.8. The number of nitrogens with zero attached hydrogens (tertiary/aromatic N) is 5. The molecule has 0 radical (unpaired) electrons. The lowest BCUT2D eigenvalue weighted by atomic mass is 10.1. The van der Waals surface area contributed by atoms with Gasteiger partial charge in [0.15, 0.2) is 11.8 Å². The molecule has 0 fully saturated rings. The van der Waals surface area contributed by atoms with Gasteiger partial charge in [-0.25, -0.2) is 14.6 Å². The predicted octanol–water partition coefficient (Wildman–Crippen LogP) is 2.30. The second-order valence-corrected chi connectivity index (χ2v) is 7.03. The first-order valence-corrected chi connectivity index (χ1v) is 10.2. The van der Waals surface area contributed by atoms with Crippen LogP contribution in [0.3, 0.4) is 0 Å². The van der Waals surface area contributed by atoms with Crippen LogP contribution in [-0.2, 0) is 30.9 Å². The van der Waals surface area contributed by atoms with Gasteiger partial charge in [0.2, 0.25) is 5.88 Å². The lowest BCUT2D eigenvalue weighted by Crippen LogP contribution is -2.46. The molecule has 2 aromatic rings. The van der Waals surface area contributed by atoms with E-state index in [1.54, 1.807) is 20.4 Å². The summed E-state index contributed by atoms with van der Waals surface area (Å²) in [6.45, 7) is 4.61. The van der Waals surface area contributed by atoms with Gasteiger partial charge < -0.3 is 20.1 Å². The van der Waals surface area contributed by atoms with E-state index in [0.29, 0.717) is 25.6 Å². The molecule has 0 amide bonds. The van der Waals surface area contributed by atoms with Crippen LogP contribution in [0.25, 0.3) is 0 Å². The van der Waals surface area contributed by atoms with Gasteiger partial charge in [0.25, 0.3) is 0 Å². The summed E-state index contributed by atoms with van der Waals surface area (Å²) in [6, 6.07) is 4.18. The maximum Gasteiger partial charge on any atom is 0.218 e. The molecule has 2 aromatic heterocycles. The monoisotopic (exact) mass is 529 g/mol. The molecule has 0 bridgehead atoms. The van der Waals surface area contributed by atoms with Crippen molar-refractivity contribution in [2.75, 3.05) is 20.8 Å². The number of aryl methyl sites for hydroxylation is 1. The van der Waals surface area contributed by atoms with E-state index in [1.807, 2.05) is 16.8 Å². The average molecular weight is 529 g/mol. The smallest absolute Gasteiger partial charge is 0.218 e. The molecule has 10 heteroatoms. The largest absolute Gasteiger partial charge is 0.477 e. The molecule has 3 heterocycles.